The van der Waals surface area contributed by atoms with Crippen LogP contribution in [0, 0.1) is 0 Å². The van der Waals surface area contributed by atoms with Crippen molar-refractivity contribution in [3.63, 3.8) is 0 Å². The first-order valence-electron chi connectivity index (χ1n) is 3.25. The Balaban J connectivity index is 2.43. The third kappa shape index (κ3) is 1.31. The van der Waals surface area contributed by atoms with E-state index in [0.717, 1.165) is 4.88 Å². The highest BCUT2D eigenvalue weighted by Crippen LogP contribution is 2.29. The van der Waals surface area contributed by atoms with E-state index < -0.39 is 0 Å². The molecule has 0 radical (unpaired) electrons. The van der Waals surface area contributed by atoms with Crippen LogP contribution in [-0.2, 0) is 0 Å². The van der Waals surface area contributed by atoms with Crippen molar-refractivity contribution in [2.45, 2.75) is 0 Å². The minimum Gasteiger partial charge on any atom is -0.493 e. The molecular weight excluding hydrogens is 196 g/mol. The van der Waals surface area contributed by atoms with Gasteiger partial charge in [-0.05, 0) is 12.1 Å². The zero-order chi connectivity index (χ0) is 8.55. The molecule has 0 bridgehead atoms. The number of aromatic amines is 1. The molecular formula is C7H5ClN2OS. The van der Waals surface area contributed by atoms with Crippen molar-refractivity contribution in [3.05, 3.63) is 22.7 Å². The summed E-state index contributed by atoms with van der Waals surface area (Å²) in [4.78, 5) is 7.56. The van der Waals surface area contributed by atoms with Crippen molar-refractivity contribution >= 4 is 22.9 Å². The molecule has 0 aromatic carbocycles. The average Bonchev–Trinajstić information content (AvgIpc) is 2.58. The Kier molecular flexibility index (Phi) is 1.78. The molecule has 5 heteroatoms. The van der Waals surface area contributed by atoms with Gasteiger partial charge in [0.05, 0.1) is 15.4 Å². The number of aromatic hydroxyl groups is 1. The van der Waals surface area contributed by atoms with Gasteiger partial charge in [-0.15, -0.1) is 11.3 Å². The Hall–Kier alpha value is -1.00. The Morgan fingerprint density at radius 2 is 2.33 bits per heavy atom. The van der Waals surface area contributed by atoms with Crippen LogP contribution in [0.15, 0.2) is 18.3 Å². The van der Waals surface area contributed by atoms with Gasteiger partial charge in [0, 0.05) is 0 Å². The standard InChI is InChI=1S/C7H5ClN2OS/c8-5-2-1-4(12-5)7-9-3-6(11)10-7/h1-3,11H,(H,9,10). The topological polar surface area (TPSA) is 48.9 Å². The zero-order valence-electron chi connectivity index (χ0n) is 5.91. The van der Waals surface area contributed by atoms with Crippen LogP contribution in [0.5, 0.6) is 5.88 Å². The van der Waals surface area contributed by atoms with Crippen LogP contribution in [0.2, 0.25) is 4.34 Å². The van der Waals surface area contributed by atoms with Crippen LogP contribution < -0.4 is 0 Å². The van der Waals surface area contributed by atoms with Crippen LogP contribution in [-0.4, -0.2) is 15.1 Å². The van der Waals surface area contributed by atoms with Gasteiger partial charge in [-0.3, -0.25) is 0 Å². The lowest BCUT2D eigenvalue weighted by Crippen LogP contribution is -1.71. The summed E-state index contributed by atoms with van der Waals surface area (Å²) in [7, 11) is 0. The lowest BCUT2D eigenvalue weighted by Gasteiger charge is -1.86. The molecule has 0 aliphatic carbocycles. The normalized spacial score (nSPS) is 10.4. The van der Waals surface area contributed by atoms with E-state index in [0.29, 0.717) is 10.2 Å². The van der Waals surface area contributed by atoms with E-state index in [-0.39, 0.29) is 5.88 Å². The van der Waals surface area contributed by atoms with E-state index in [1.54, 1.807) is 6.07 Å². The predicted molar refractivity (Wildman–Crippen MR) is 48.6 cm³/mol. The fourth-order valence-corrected chi connectivity index (χ4v) is 1.87. The molecule has 0 saturated heterocycles. The van der Waals surface area contributed by atoms with Gasteiger partial charge in [-0.2, -0.15) is 0 Å². The number of thiophene rings is 1. The lowest BCUT2D eigenvalue weighted by molar-refractivity contribution is 0.457. The number of H-pyrrole nitrogens is 1. The van der Waals surface area contributed by atoms with Gasteiger partial charge >= 0.3 is 0 Å². The first-order valence-corrected chi connectivity index (χ1v) is 4.45. The van der Waals surface area contributed by atoms with Crippen LogP contribution in [0.1, 0.15) is 0 Å². The molecule has 3 nitrogen and oxygen atoms in total. The predicted octanol–water partition coefficient (Wildman–Crippen LogP) is 2.50. The summed E-state index contributed by atoms with van der Waals surface area (Å²) in [5, 5.41) is 8.97. The first-order chi connectivity index (χ1) is 5.75. The van der Waals surface area contributed by atoms with Gasteiger partial charge in [0.2, 0.25) is 5.88 Å². The average molecular weight is 201 g/mol. The second-order valence-electron chi connectivity index (χ2n) is 2.22. The SMILES string of the molecule is Oc1cnc(-c2ccc(Cl)s2)[nH]1. The summed E-state index contributed by atoms with van der Waals surface area (Å²) in [6, 6.07) is 3.65. The summed E-state index contributed by atoms with van der Waals surface area (Å²) in [6.45, 7) is 0. The summed E-state index contributed by atoms with van der Waals surface area (Å²) >= 11 is 7.15. The molecule has 0 saturated carbocycles. The molecule has 0 aliphatic heterocycles. The van der Waals surface area contributed by atoms with E-state index in [2.05, 4.69) is 9.97 Å². The Morgan fingerprint density at radius 3 is 2.83 bits per heavy atom. The Labute approximate surface area is 77.7 Å². The minimum absolute atomic E-state index is 0.0644. The third-order valence-electron chi connectivity index (χ3n) is 1.37. The molecule has 62 valence electrons. The third-order valence-corrected chi connectivity index (χ3v) is 2.61. The molecule has 2 N–H and O–H groups in total. The highest BCUT2D eigenvalue weighted by atomic mass is 35.5. The highest BCUT2D eigenvalue weighted by molar-refractivity contribution is 7.19. The molecule has 0 atom stereocenters. The quantitative estimate of drug-likeness (QED) is 0.743. The van der Waals surface area contributed by atoms with Gasteiger partial charge in [0.1, 0.15) is 5.82 Å². The number of nitrogens with one attached hydrogen (secondary N) is 1. The second kappa shape index (κ2) is 2.80. The zero-order valence-corrected chi connectivity index (χ0v) is 7.49. The Bertz CT molecular complexity index is 357. The minimum atomic E-state index is 0.0644. The maximum absolute atomic E-state index is 8.97. The number of halogens is 1. The van der Waals surface area contributed by atoms with Crippen LogP contribution >= 0.6 is 22.9 Å². The maximum Gasteiger partial charge on any atom is 0.208 e. The van der Waals surface area contributed by atoms with E-state index >= 15 is 0 Å². The van der Waals surface area contributed by atoms with Crippen molar-refractivity contribution in [3.8, 4) is 16.6 Å². The summed E-state index contributed by atoms with van der Waals surface area (Å²) in [6.07, 6.45) is 1.36. The van der Waals surface area contributed by atoms with E-state index in [4.69, 9.17) is 16.7 Å². The van der Waals surface area contributed by atoms with E-state index in [1.807, 2.05) is 6.07 Å². The molecule has 0 aliphatic rings. The number of hydrogen-bond acceptors (Lipinski definition) is 3. The molecule has 2 rings (SSSR count). The van der Waals surface area contributed by atoms with Gasteiger partial charge in [0.25, 0.3) is 0 Å². The fraction of sp³-hybridized carbons (Fsp3) is 0. The molecule has 0 amide bonds. The van der Waals surface area contributed by atoms with Crippen molar-refractivity contribution < 1.29 is 5.11 Å². The van der Waals surface area contributed by atoms with Crippen LogP contribution in [0.4, 0.5) is 0 Å². The number of hydrogen-bond donors (Lipinski definition) is 2. The molecule has 2 aromatic heterocycles. The van der Waals surface area contributed by atoms with E-state index in [9.17, 15) is 0 Å². The van der Waals surface area contributed by atoms with Crippen molar-refractivity contribution in [2.24, 2.45) is 0 Å². The van der Waals surface area contributed by atoms with Gasteiger partial charge in [0.15, 0.2) is 0 Å². The Morgan fingerprint density at radius 1 is 1.50 bits per heavy atom. The fourth-order valence-electron chi connectivity index (χ4n) is 0.878. The lowest BCUT2D eigenvalue weighted by atomic mass is 10.4. The van der Waals surface area contributed by atoms with Gasteiger partial charge in [-0.25, -0.2) is 4.98 Å². The number of imidazole rings is 1. The number of rotatable bonds is 1. The molecule has 0 fully saturated rings. The summed E-state index contributed by atoms with van der Waals surface area (Å²) in [5.41, 5.74) is 0. The molecule has 0 unspecified atom stereocenters. The monoisotopic (exact) mass is 200 g/mol. The molecule has 12 heavy (non-hydrogen) atoms. The molecule has 2 aromatic rings. The maximum atomic E-state index is 8.97. The van der Waals surface area contributed by atoms with Gasteiger partial charge in [-0.1, -0.05) is 11.6 Å². The van der Waals surface area contributed by atoms with E-state index in [1.165, 1.54) is 17.5 Å². The molecule has 2 heterocycles. The number of nitrogens with zero attached hydrogens (tertiary/aromatic N) is 1. The molecule has 0 spiro atoms. The van der Waals surface area contributed by atoms with Gasteiger partial charge < -0.3 is 10.1 Å². The number of aromatic nitrogens is 2. The largest absolute Gasteiger partial charge is 0.493 e. The van der Waals surface area contributed by atoms with Crippen LogP contribution in [0.25, 0.3) is 10.7 Å². The van der Waals surface area contributed by atoms with Crippen LogP contribution in [0.3, 0.4) is 0 Å². The van der Waals surface area contributed by atoms with Crippen molar-refractivity contribution in [1.29, 1.82) is 0 Å². The smallest absolute Gasteiger partial charge is 0.208 e. The first kappa shape index (κ1) is 7.64. The summed E-state index contributed by atoms with van der Waals surface area (Å²) < 4.78 is 0.709. The van der Waals surface area contributed by atoms with Crippen molar-refractivity contribution in [2.75, 3.05) is 0 Å². The van der Waals surface area contributed by atoms with Crippen molar-refractivity contribution in [1.82, 2.24) is 9.97 Å². The highest BCUT2D eigenvalue weighted by Gasteiger charge is 2.04. The second-order valence-corrected chi connectivity index (χ2v) is 3.94. The summed E-state index contributed by atoms with van der Waals surface area (Å²) in [5.74, 6) is 0.707.